The second kappa shape index (κ2) is 5.97. The number of carbonyl (C=O) groups excluding carboxylic acids is 1. The number of halogens is 1. The lowest BCUT2D eigenvalue weighted by molar-refractivity contribution is 0.0788. The molecule has 0 saturated carbocycles. The van der Waals surface area contributed by atoms with Gasteiger partial charge in [0, 0.05) is 10.6 Å². The zero-order valence-electron chi connectivity index (χ0n) is 10.7. The summed E-state index contributed by atoms with van der Waals surface area (Å²) in [7, 11) is 1.56. The van der Waals surface area contributed by atoms with E-state index in [0.717, 1.165) is 24.0 Å². The number of benzene rings is 1. The molecule has 1 unspecified atom stereocenters. The summed E-state index contributed by atoms with van der Waals surface area (Å²) < 4.78 is 10.5. The Morgan fingerprint density at radius 3 is 2.79 bits per heavy atom. The number of methoxy groups -OCH3 is 1. The van der Waals surface area contributed by atoms with Crippen molar-refractivity contribution in [3.05, 3.63) is 40.6 Å². The molecule has 2 N–H and O–H groups in total. The Hall–Kier alpha value is -1.68. The lowest BCUT2D eigenvalue weighted by Crippen LogP contribution is -2.28. The van der Waals surface area contributed by atoms with Crippen LogP contribution in [0, 0.1) is 0 Å². The highest BCUT2D eigenvalue weighted by Gasteiger charge is 2.28. The lowest BCUT2D eigenvalue weighted by Gasteiger charge is -2.27. The molecular weight excluding hydrogens is 266 g/mol. The van der Waals surface area contributed by atoms with E-state index in [1.165, 1.54) is 0 Å². The van der Waals surface area contributed by atoms with Gasteiger partial charge in [-0.3, -0.25) is 0 Å². The molecule has 4 nitrogen and oxygen atoms in total. The topological polar surface area (TPSA) is 61.6 Å². The maximum absolute atomic E-state index is 10.9. The van der Waals surface area contributed by atoms with Crippen molar-refractivity contribution in [3.63, 3.8) is 0 Å². The fourth-order valence-electron chi connectivity index (χ4n) is 2.39. The Balaban J connectivity index is 2.42. The molecule has 0 radical (unpaired) electrons. The van der Waals surface area contributed by atoms with Gasteiger partial charge in [0.2, 0.25) is 0 Å². The molecule has 1 aliphatic carbocycles. The number of primary amides is 1. The first kappa shape index (κ1) is 13.7. The summed E-state index contributed by atoms with van der Waals surface area (Å²) in [5, 5.41) is 0.659. The van der Waals surface area contributed by atoms with E-state index in [1.807, 2.05) is 24.3 Å². The number of rotatable bonds is 3. The number of amides is 1. The molecule has 0 heterocycles. The van der Waals surface area contributed by atoms with Gasteiger partial charge in [-0.15, -0.1) is 0 Å². The Morgan fingerprint density at radius 2 is 2.16 bits per heavy atom. The monoisotopic (exact) mass is 281 g/mol. The Labute approximate surface area is 117 Å². The summed E-state index contributed by atoms with van der Waals surface area (Å²) in [5.74, 6) is 0.637. The highest BCUT2D eigenvalue weighted by Crippen LogP contribution is 2.37. The molecule has 1 aliphatic rings. The van der Waals surface area contributed by atoms with Gasteiger partial charge in [0.25, 0.3) is 0 Å². The highest BCUT2D eigenvalue weighted by molar-refractivity contribution is 6.32. The number of hydrogen-bond donors (Lipinski definition) is 1. The molecule has 0 aromatic heterocycles. The molecule has 19 heavy (non-hydrogen) atoms. The van der Waals surface area contributed by atoms with Crippen molar-refractivity contribution in [1.29, 1.82) is 0 Å². The highest BCUT2D eigenvalue weighted by atomic mass is 35.5. The van der Waals surface area contributed by atoms with Gasteiger partial charge in [0.05, 0.1) is 7.11 Å². The van der Waals surface area contributed by atoms with Gasteiger partial charge in [0.1, 0.15) is 5.76 Å². The third-order valence-electron chi connectivity index (χ3n) is 3.16. The first-order valence-corrected chi connectivity index (χ1v) is 6.49. The summed E-state index contributed by atoms with van der Waals surface area (Å²) >= 11 is 6.21. The van der Waals surface area contributed by atoms with E-state index in [0.29, 0.717) is 17.2 Å². The van der Waals surface area contributed by atoms with E-state index >= 15 is 0 Å². The Morgan fingerprint density at radius 1 is 1.42 bits per heavy atom. The number of nitrogens with two attached hydrogens (primary N) is 1. The van der Waals surface area contributed by atoms with Crippen molar-refractivity contribution in [2.75, 3.05) is 7.11 Å². The summed E-state index contributed by atoms with van der Waals surface area (Å²) in [6.45, 7) is 0. The summed E-state index contributed by atoms with van der Waals surface area (Å²) in [5.41, 5.74) is 6.98. The van der Waals surface area contributed by atoms with Gasteiger partial charge in [0.15, 0.2) is 6.10 Å². The summed E-state index contributed by atoms with van der Waals surface area (Å²) in [6.07, 6.45) is 1.22. The van der Waals surface area contributed by atoms with E-state index in [1.54, 1.807) is 7.11 Å². The molecule has 0 aliphatic heterocycles. The molecule has 0 spiro atoms. The maximum Gasteiger partial charge on any atom is 0.405 e. The summed E-state index contributed by atoms with van der Waals surface area (Å²) in [4.78, 5) is 10.9. The molecule has 1 aromatic carbocycles. The first-order valence-electron chi connectivity index (χ1n) is 6.11. The molecule has 1 amide bonds. The van der Waals surface area contributed by atoms with Crippen molar-refractivity contribution in [2.24, 2.45) is 5.73 Å². The van der Waals surface area contributed by atoms with E-state index in [-0.39, 0.29) is 0 Å². The van der Waals surface area contributed by atoms with Crippen LogP contribution in [0.15, 0.2) is 30.0 Å². The van der Waals surface area contributed by atoms with Crippen LogP contribution in [0.25, 0.3) is 5.57 Å². The van der Waals surface area contributed by atoms with Crippen LogP contribution in [-0.2, 0) is 9.47 Å². The third kappa shape index (κ3) is 3.01. The molecule has 0 bridgehead atoms. The average Bonchev–Trinajstić information content (AvgIpc) is 2.38. The third-order valence-corrected chi connectivity index (χ3v) is 3.49. The van der Waals surface area contributed by atoms with Crippen LogP contribution in [0.5, 0.6) is 0 Å². The predicted molar refractivity (Wildman–Crippen MR) is 73.7 cm³/mol. The van der Waals surface area contributed by atoms with Crippen molar-refractivity contribution in [2.45, 2.75) is 25.4 Å². The number of carbonyl (C=O) groups is 1. The van der Waals surface area contributed by atoms with E-state index in [9.17, 15) is 4.79 Å². The molecule has 1 aromatic rings. The van der Waals surface area contributed by atoms with Crippen molar-refractivity contribution in [1.82, 2.24) is 0 Å². The largest absolute Gasteiger partial charge is 0.497 e. The minimum Gasteiger partial charge on any atom is -0.497 e. The quantitative estimate of drug-likeness (QED) is 0.924. The smallest absolute Gasteiger partial charge is 0.405 e. The number of hydrogen-bond acceptors (Lipinski definition) is 3. The van der Waals surface area contributed by atoms with Crippen LogP contribution in [0.1, 0.15) is 24.8 Å². The average molecular weight is 282 g/mol. The number of allylic oxidation sites excluding steroid dienone is 1. The van der Waals surface area contributed by atoms with Crippen molar-refractivity contribution < 1.29 is 14.3 Å². The van der Waals surface area contributed by atoms with E-state index in [4.69, 9.17) is 26.8 Å². The fraction of sp³-hybridized carbons (Fsp3) is 0.357. The van der Waals surface area contributed by atoms with Crippen molar-refractivity contribution >= 4 is 23.3 Å². The molecule has 102 valence electrons. The molecular formula is C14H16ClNO3. The standard InChI is InChI=1S/C14H16ClNO3/c1-18-13-10(9-5-2-3-7-11(9)15)6-4-8-12(13)19-14(16)17/h2-3,5,7,12H,4,6,8H2,1H3,(H2,16,17). The Bertz CT molecular complexity index is 513. The van der Waals surface area contributed by atoms with Crippen molar-refractivity contribution in [3.8, 4) is 0 Å². The van der Waals surface area contributed by atoms with Gasteiger partial charge in [-0.05, 0) is 30.9 Å². The molecule has 2 rings (SSSR count). The molecule has 1 atom stereocenters. The normalized spacial score (nSPS) is 19.2. The second-order valence-corrected chi connectivity index (χ2v) is 4.75. The predicted octanol–water partition coefficient (Wildman–Crippen LogP) is 3.35. The van der Waals surface area contributed by atoms with Crippen LogP contribution in [0.4, 0.5) is 4.79 Å². The van der Waals surface area contributed by atoms with Crippen LogP contribution >= 0.6 is 11.6 Å². The van der Waals surface area contributed by atoms with Gasteiger partial charge in [-0.2, -0.15) is 0 Å². The minimum atomic E-state index is -0.792. The Kier molecular flexibility index (Phi) is 4.32. The van der Waals surface area contributed by atoms with E-state index in [2.05, 4.69) is 0 Å². The molecule has 0 fully saturated rings. The van der Waals surface area contributed by atoms with Gasteiger partial charge in [-0.25, -0.2) is 4.79 Å². The molecule has 5 heteroatoms. The van der Waals surface area contributed by atoms with E-state index < -0.39 is 12.2 Å². The SMILES string of the molecule is COC1=C(c2ccccc2Cl)CCCC1OC(N)=O. The van der Waals surface area contributed by atoms with Crippen LogP contribution < -0.4 is 5.73 Å². The summed E-state index contributed by atoms with van der Waals surface area (Å²) in [6, 6.07) is 7.55. The van der Waals surface area contributed by atoms with Gasteiger partial charge in [-0.1, -0.05) is 29.8 Å². The molecule has 0 saturated heterocycles. The zero-order valence-corrected chi connectivity index (χ0v) is 11.4. The van der Waals surface area contributed by atoms with Crippen LogP contribution in [0.2, 0.25) is 5.02 Å². The minimum absolute atomic E-state index is 0.428. The van der Waals surface area contributed by atoms with Crippen LogP contribution in [-0.4, -0.2) is 19.3 Å². The van der Waals surface area contributed by atoms with Crippen LogP contribution in [0.3, 0.4) is 0 Å². The number of ether oxygens (including phenoxy) is 2. The maximum atomic E-state index is 10.9. The second-order valence-electron chi connectivity index (χ2n) is 4.34. The zero-order chi connectivity index (χ0) is 13.8. The van der Waals surface area contributed by atoms with Gasteiger partial charge < -0.3 is 15.2 Å². The lowest BCUT2D eigenvalue weighted by atomic mass is 9.90. The fourth-order valence-corrected chi connectivity index (χ4v) is 2.64. The first-order chi connectivity index (χ1) is 9.13. The van der Waals surface area contributed by atoms with Gasteiger partial charge >= 0.3 is 6.09 Å².